The molecular weight excluding hydrogens is 388 g/mol. The number of piperidine rings is 2. The Morgan fingerprint density at radius 1 is 1.07 bits per heavy atom. The summed E-state index contributed by atoms with van der Waals surface area (Å²) < 4.78 is 27.1. The van der Waals surface area contributed by atoms with Gasteiger partial charge in [0.05, 0.1) is 17.3 Å². The molecule has 158 valence electrons. The molecule has 0 saturated carbocycles. The van der Waals surface area contributed by atoms with Crippen LogP contribution in [-0.4, -0.2) is 65.5 Å². The zero-order valence-corrected chi connectivity index (χ0v) is 18.1. The number of para-hydroxylation sites is 2. The van der Waals surface area contributed by atoms with Crippen molar-refractivity contribution in [3.63, 3.8) is 0 Å². The highest BCUT2D eigenvalue weighted by Crippen LogP contribution is 2.27. The predicted octanol–water partition coefficient (Wildman–Crippen LogP) is 2.25. The Morgan fingerprint density at radius 3 is 2.38 bits per heavy atom. The molecule has 0 radical (unpaired) electrons. The van der Waals surface area contributed by atoms with Gasteiger partial charge in [0, 0.05) is 38.6 Å². The fourth-order valence-electron chi connectivity index (χ4n) is 4.71. The Bertz CT molecular complexity index is 985. The maximum atomic E-state index is 12.9. The van der Waals surface area contributed by atoms with Crippen LogP contribution in [0.5, 0.6) is 0 Å². The highest BCUT2D eigenvalue weighted by atomic mass is 32.2. The number of aryl methyl sites for hydroxylation is 1. The van der Waals surface area contributed by atoms with Crippen LogP contribution in [0.4, 0.5) is 0 Å². The van der Waals surface area contributed by atoms with E-state index in [9.17, 15) is 13.2 Å². The molecule has 2 aliphatic rings. The van der Waals surface area contributed by atoms with Crippen molar-refractivity contribution in [2.24, 2.45) is 11.8 Å². The van der Waals surface area contributed by atoms with Crippen LogP contribution < -0.4 is 0 Å². The number of hydrogen-bond acceptors (Lipinski definition) is 4. The molecule has 3 heterocycles. The third-order valence-corrected chi connectivity index (χ3v) is 7.79. The zero-order valence-electron chi connectivity index (χ0n) is 17.2. The molecule has 8 heteroatoms. The second-order valence-electron chi connectivity index (χ2n) is 8.46. The van der Waals surface area contributed by atoms with Gasteiger partial charge in [-0.1, -0.05) is 12.1 Å². The second-order valence-corrected chi connectivity index (χ2v) is 10.4. The molecule has 2 saturated heterocycles. The number of hydrogen-bond donors (Lipinski definition) is 0. The van der Waals surface area contributed by atoms with Crippen LogP contribution in [0.1, 0.15) is 31.5 Å². The maximum Gasteiger partial charge on any atom is 0.225 e. The zero-order chi connectivity index (χ0) is 20.6. The van der Waals surface area contributed by atoms with Crippen LogP contribution in [0.25, 0.3) is 11.0 Å². The van der Waals surface area contributed by atoms with E-state index in [1.165, 1.54) is 16.1 Å². The standard InChI is InChI=1S/C21H30N4O3S/c1-16-22-19-5-3-4-6-20(19)25(16)15-17-7-11-23(12-8-17)21(26)18-9-13-24(14-10-18)29(2,27)28/h3-6,17-18H,7-15H2,1-2H3. The third-order valence-electron chi connectivity index (χ3n) is 6.48. The summed E-state index contributed by atoms with van der Waals surface area (Å²) in [4.78, 5) is 19.6. The Labute approximate surface area is 172 Å². The molecule has 29 heavy (non-hydrogen) atoms. The first-order valence-corrected chi connectivity index (χ1v) is 12.3. The number of benzene rings is 1. The van der Waals surface area contributed by atoms with Gasteiger partial charge in [-0.3, -0.25) is 4.79 Å². The van der Waals surface area contributed by atoms with Gasteiger partial charge in [-0.25, -0.2) is 17.7 Å². The van der Waals surface area contributed by atoms with Gasteiger partial charge < -0.3 is 9.47 Å². The summed E-state index contributed by atoms with van der Waals surface area (Å²) in [5, 5.41) is 0. The fourth-order valence-corrected chi connectivity index (χ4v) is 5.59. The van der Waals surface area contributed by atoms with Crippen LogP contribution >= 0.6 is 0 Å². The number of likely N-dealkylation sites (tertiary alicyclic amines) is 1. The van der Waals surface area contributed by atoms with Crippen molar-refractivity contribution in [1.29, 1.82) is 0 Å². The van der Waals surface area contributed by atoms with E-state index in [1.54, 1.807) is 0 Å². The normalized spacial score (nSPS) is 20.4. The Hall–Kier alpha value is -1.93. The average Bonchev–Trinajstić information content (AvgIpc) is 3.03. The van der Waals surface area contributed by atoms with E-state index in [1.807, 2.05) is 11.0 Å². The first kappa shape index (κ1) is 20.3. The van der Waals surface area contributed by atoms with Crippen molar-refractivity contribution in [1.82, 2.24) is 18.8 Å². The maximum absolute atomic E-state index is 12.9. The van der Waals surface area contributed by atoms with E-state index in [0.29, 0.717) is 31.8 Å². The van der Waals surface area contributed by atoms with E-state index < -0.39 is 10.0 Å². The topological polar surface area (TPSA) is 75.5 Å². The largest absolute Gasteiger partial charge is 0.342 e. The predicted molar refractivity (Wildman–Crippen MR) is 113 cm³/mol. The quantitative estimate of drug-likeness (QED) is 0.763. The Morgan fingerprint density at radius 2 is 1.72 bits per heavy atom. The molecule has 7 nitrogen and oxygen atoms in total. The van der Waals surface area contributed by atoms with Crippen LogP contribution in [0.3, 0.4) is 0 Å². The lowest BCUT2D eigenvalue weighted by Crippen LogP contribution is -2.46. The van der Waals surface area contributed by atoms with Crippen LogP contribution in [0, 0.1) is 18.8 Å². The van der Waals surface area contributed by atoms with Gasteiger partial charge in [-0.15, -0.1) is 0 Å². The van der Waals surface area contributed by atoms with Crippen molar-refractivity contribution in [2.45, 2.75) is 39.2 Å². The Balaban J connectivity index is 1.31. The molecule has 2 aromatic rings. The molecule has 0 aliphatic carbocycles. The Kier molecular flexibility index (Phi) is 5.66. The summed E-state index contributed by atoms with van der Waals surface area (Å²) in [6, 6.07) is 8.24. The van der Waals surface area contributed by atoms with Crippen molar-refractivity contribution in [3.05, 3.63) is 30.1 Å². The number of carbonyl (C=O) groups excluding carboxylic acids is 1. The smallest absolute Gasteiger partial charge is 0.225 e. The highest BCUT2D eigenvalue weighted by molar-refractivity contribution is 7.88. The summed E-state index contributed by atoms with van der Waals surface area (Å²) in [6.45, 7) is 5.50. The number of aromatic nitrogens is 2. The average molecular weight is 419 g/mol. The number of imidazole rings is 1. The summed E-state index contributed by atoms with van der Waals surface area (Å²) in [6.07, 6.45) is 4.50. The molecule has 0 N–H and O–H groups in total. The van der Waals surface area contributed by atoms with Gasteiger partial charge in [-0.05, 0) is 50.7 Å². The number of carbonyl (C=O) groups is 1. The minimum absolute atomic E-state index is 0.0376. The van der Waals surface area contributed by atoms with E-state index in [4.69, 9.17) is 0 Å². The third kappa shape index (κ3) is 4.33. The summed E-state index contributed by atoms with van der Waals surface area (Å²) in [7, 11) is -3.15. The van der Waals surface area contributed by atoms with Crippen molar-refractivity contribution in [2.75, 3.05) is 32.4 Å². The monoisotopic (exact) mass is 418 g/mol. The minimum atomic E-state index is -3.15. The van der Waals surface area contributed by atoms with Gasteiger partial charge in [0.1, 0.15) is 5.82 Å². The van der Waals surface area contributed by atoms with E-state index >= 15 is 0 Å². The lowest BCUT2D eigenvalue weighted by molar-refractivity contribution is -0.138. The molecule has 1 aromatic heterocycles. The molecular formula is C21H30N4O3S. The molecule has 1 amide bonds. The lowest BCUT2D eigenvalue weighted by Gasteiger charge is -2.37. The first-order valence-electron chi connectivity index (χ1n) is 10.5. The fraction of sp³-hybridized carbons (Fsp3) is 0.619. The lowest BCUT2D eigenvalue weighted by atomic mass is 9.92. The summed E-state index contributed by atoms with van der Waals surface area (Å²) in [5.41, 5.74) is 2.22. The van der Waals surface area contributed by atoms with E-state index in [2.05, 4.69) is 34.7 Å². The number of rotatable bonds is 4. The van der Waals surface area contributed by atoms with Gasteiger partial charge in [0.2, 0.25) is 15.9 Å². The van der Waals surface area contributed by atoms with Gasteiger partial charge in [0.25, 0.3) is 0 Å². The van der Waals surface area contributed by atoms with Crippen LogP contribution in [0.15, 0.2) is 24.3 Å². The molecule has 2 fully saturated rings. The molecule has 0 atom stereocenters. The van der Waals surface area contributed by atoms with Crippen molar-refractivity contribution in [3.8, 4) is 0 Å². The van der Waals surface area contributed by atoms with Crippen LogP contribution in [0.2, 0.25) is 0 Å². The van der Waals surface area contributed by atoms with Crippen molar-refractivity contribution < 1.29 is 13.2 Å². The number of amides is 1. The molecule has 0 spiro atoms. The molecule has 0 unspecified atom stereocenters. The van der Waals surface area contributed by atoms with Gasteiger partial charge >= 0.3 is 0 Å². The molecule has 4 rings (SSSR count). The molecule has 1 aromatic carbocycles. The minimum Gasteiger partial charge on any atom is -0.342 e. The van der Waals surface area contributed by atoms with Crippen LogP contribution in [-0.2, 0) is 21.4 Å². The van der Waals surface area contributed by atoms with Gasteiger partial charge in [-0.2, -0.15) is 0 Å². The van der Waals surface area contributed by atoms with E-state index in [0.717, 1.165) is 43.8 Å². The van der Waals surface area contributed by atoms with E-state index in [-0.39, 0.29) is 11.8 Å². The molecule has 2 aliphatic heterocycles. The number of fused-ring (bicyclic) bond motifs is 1. The van der Waals surface area contributed by atoms with Gasteiger partial charge in [0.15, 0.2) is 0 Å². The number of nitrogens with zero attached hydrogens (tertiary/aromatic N) is 4. The molecule has 0 bridgehead atoms. The van der Waals surface area contributed by atoms with Crippen molar-refractivity contribution >= 4 is 27.0 Å². The number of sulfonamides is 1. The first-order chi connectivity index (χ1) is 13.8. The second kappa shape index (κ2) is 8.07. The SMILES string of the molecule is Cc1nc2ccccc2n1CC1CCN(C(=O)C2CCN(S(C)(=O)=O)CC2)CC1. The summed E-state index contributed by atoms with van der Waals surface area (Å²) in [5.74, 6) is 1.76. The highest BCUT2D eigenvalue weighted by Gasteiger charge is 2.33. The summed E-state index contributed by atoms with van der Waals surface area (Å²) >= 11 is 0.